The van der Waals surface area contributed by atoms with Crippen molar-refractivity contribution in [2.45, 2.75) is 18.7 Å². The van der Waals surface area contributed by atoms with Crippen LogP contribution in [0, 0.1) is 0 Å². The number of nitrogens with zero attached hydrogens (tertiary/aromatic N) is 3. The van der Waals surface area contributed by atoms with E-state index in [0.717, 1.165) is 19.6 Å². The zero-order valence-corrected chi connectivity index (χ0v) is 23.1. The average molecular weight is 580 g/mol. The van der Waals surface area contributed by atoms with E-state index in [1.807, 2.05) is 18.2 Å². The van der Waals surface area contributed by atoms with E-state index in [4.69, 9.17) is 9.47 Å². The highest BCUT2D eigenvalue weighted by molar-refractivity contribution is 9.10. The summed E-state index contributed by atoms with van der Waals surface area (Å²) in [7, 11) is -0.727. The predicted molar refractivity (Wildman–Crippen MR) is 145 cm³/mol. The molecule has 1 heterocycles. The molecule has 0 aliphatic carbocycles. The Morgan fingerprint density at radius 1 is 1.06 bits per heavy atom. The fraction of sp³-hybridized carbons (Fsp3) is 0.333. The number of benzene rings is 2. The molecule has 10 nitrogen and oxygen atoms in total. The summed E-state index contributed by atoms with van der Waals surface area (Å²) >= 11 is 3.43. The van der Waals surface area contributed by atoms with Gasteiger partial charge in [-0.3, -0.25) is 0 Å². The number of rotatable bonds is 13. The van der Waals surface area contributed by atoms with Crippen LogP contribution >= 0.6 is 15.9 Å². The van der Waals surface area contributed by atoms with Crippen LogP contribution in [0.15, 0.2) is 58.0 Å². The highest BCUT2D eigenvalue weighted by atomic mass is 79.9. The summed E-state index contributed by atoms with van der Waals surface area (Å²) in [5.74, 6) is 1.95. The molecule has 3 rings (SSSR count). The van der Waals surface area contributed by atoms with Crippen LogP contribution in [0.3, 0.4) is 0 Å². The topological polar surface area (TPSA) is 118 Å². The maximum Gasteiger partial charge on any atom is 0.242 e. The fourth-order valence-corrected chi connectivity index (χ4v) is 4.56. The quantitative estimate of drug-likeness (QED) is 0.272. The van der Waals surface area contributed by atoms with E-state index < -0.39 is 10.0 Å². The molecule has 0 amide bonds. The molecular weight excluding hydrogens is 548 g/mol. The minimum absolute atomic E-state index is 0.101. The van der Waals surface area contributed by atoms with Gasteiger partial charge >= 0.3 is 0 Å². The molecule has 194 valence electrons. The van der Waals surface area contributed by atoms with E-state index in [9.17, 15) is 8.42 Å². The van der Waals surface area contributed by atoms with Crippen LogP contribution in [0.5, 0.6) is 11.5 Å². The summed E-state index contributed by atoms with van der Waals surface area (Å²) in [6.45, 7) is 7.58. The number of anilines is 4. The van der Waals surface area contributed by atoms with Crippen molar-refractivity contribution in [1.82, 2.24) is 19.6 Å². The third-order valence-electron chi connectivity index (χ3n) is 5.43. The van der Waals surface area contributed by atoms with E-state index in [2.05, 4.69) is 60.0 Å². The van der Waals surface area contributed by atoms with Gasteiger partial charge in [0, 0.05) is 18.8 Å². The molecule has 36 heavy (non-hydrogen) atoms. The number of likely N-dealkylation sites (N-methyl/N-ethyl adjacent to an activating group) is 1. The molecule has 0 atom stereocenters. The monoisotopic (exact) mass is 578 g/mol. The molecule has 0 unspecified atom stereocenters. The molecule has 2 aromatic carbocycles. The van der Waals surface area contributed by atoms with Gasteiger partial charge in [-0.05, 0) is 60.3 Å². The van der Waals surface area contributed by atoms with Gasteiger partial charge in [0.2, 0.25) is 16.0 Å². The Morgan fingerprint density at radius 3 is 2.50 bits per heavy atom. The fourth-order valence-electron chi connectivity index (χ4n) is 3.38. The first-order chi connectivity index (χ1) is 17.3. The molecule has 1 aromatic heterocycles. The highest BCUT2D eigenvalue weighted by Crippen LogP contribution is 2.33. The maximum atomic E-state index is 12.4. The lowest BCUT2D eigenvalue weighted by atomic mass is 10.2. The Balaban J connectivity index is 1.82. The molecule has 0 aliphatic rings. The first kappa shape index (κ1) is 27.7. The smallest absolute Gasteiger partial charge is 0.242 e. The molecule has 0 bridgehead atoms. The molecule has 0 radical (unpaired) electrons. The number of hydrogen-bond acceptors (Lipinski definition) is 9. The van der Waals surface area contributed by atoms with Crippen LogP contribution in [0.25, 0.3) is 0 Å². The Bertz CT molecular complexity index is 1270. The van der Waals surface area contributed by atoms with Gasteiger partial charge in [-0.25, -0.2) is 18.1 Å². The largest absolute Gasteiger partial charge is 0.495 e. The number of halogens is 1. The summed E-state index contributed by atoms with van der Waals surface area (Å²) in [6, 6.07) is 12.1. The average Bonchev–Trinajstić information content (AvgIpc) is 2.89. The van der Waals surface area contributed by atoms with Gasteiger partial charge < -0.3 is 25.0 Å². The predicted octanol–water partition coefficient (Wildman–Crippen LogP) is 4.36. The van der Waals surface area contributed by atoms with Crippen molar-refractivity contribution in [2.24, 2.45) is 0 Å². The van der Waals surface area contributed by atoms with E-state index >= 15 is 0 Å². The van der Waals surface area contributed by atoms with Crippen LogP contribution < -0.4 is 24.8 Å². The normalized spacial score (nSPS) is 11.4. The Morgan fingerprint density at radius 2 is 1.81 bits per heavy atom. The third kappa shape index (κ3) is 7.06. The zero-order valence-electron chi connectivity index (χ0n) is 20.7. The van der Waals surface area contributed by atoms with Crippen molar-refractivity contribution in [2.75, 3.05) is 51.0 Å². The number of aromatic nitrogens is 2. The standard InChI is InChI=1S/C24H31BrN6O4S/c1-5-31(6-2)13-14-35-17-11-12-21(34-4)20(15-17)29-24-27-16-18(25)23(30-24)28-19-9-7-8-10-22(19)36(32,33)26-3/h7-12,15-16,26H,5-6,13-14H2,1-4H3,(H2,27,28,29,30). The van der Waals surface area contributed by atoms with Crippen molar-refractivity contribution < 1.29 is 17.9 Å². The number of hydrogen-bond donors (Lipinski definition) is 3. The molecule has 0 fully saturated rings. The molecule has 0 saturated carbocycles. The van der Waals surface area contributed by atoms with Crippen molar-refractivity contribution in [1.29, 1.82) is 0 Å². The summed E-state index contributed by atoms with van der Waals surface area (Å²) in [5.41, 5.74) is 1.00. The van der Waals surface area contributed by atoms with Gasteiger partial charge in [0.15, 0.2) is 0 Å². The Labute approximate surface area is 220 Å². The molecule has 12 heteroatoms. The minimum Gasteiger partial charge on any atom is -0.495 e. The van der Waals surface area contributed by atoms with Crippen molar-refractivity contribution >= 4 is 49.1 Å². The van der Waals surface area contributed by atoms with Gasteiger partial charge in [0.05, 0.1) is 23.0 Å². The third-order valence-corrected chi connectivity index (χ3v) is 7.48. The second-order valence-corrected chi connectivity index (χ2v) is 10.3. The van der Waals surface area contributed by atoms with E-state index in [0.29, 0.717) is 39.8 Å². The van der Waals surface area contributed by atoms with Gasteiger partial charge in [-0.2, -0.15) is 4.98 Å². The first-order valence-corrected chi connectivity index (χ1v) is 13.7. The Kier molecular flexibility index (Phi) is 9.88. The lowest BCUT2D eigenvalue weighted by Crippen LogP contribution is -2.27. The molecule has 3 aromatic rings. The summed E-state index contributed by atoms with van der Waals surface area (Å²) in [4.78, 5) is 11.2. The SMILES string of the molecule is CCN(CC)CCOc1ccc(OC)c(Nc2ncc(Br)c(Nc3ccccc3S(=O)(=O)NC)n2)c1. The second kappa shape index (κ2) is 12.9. The van der Waals surface area contributed by atoms with Crippen molar-refractivity contribution in [3.8, 4) is 11.5 Å². The highest BCUT2D eigenvalue weighted by Gasteiger charge is 2.18. The minimum atomic E-state index is -3.67. The number of ether oxygens (including phenoxy) is 2. The van der Waals surface area contributed by atoms with Crippen LogP contribution in [0.1, 0.15) is 13.8 Å². The van der Waals surface area contributed by atoms with Gasteiger partial charge in [0.1, 0.15) is 28.8 Å². The lowest BCUT2D eigenvalue weighted by Gasteiger charge is -2.18. The molecule has 3 N–H and O–H groups in total. The number of para-hydroxylation sites is 1. The van der Waals surface area contributed by atoms with Crippen LogP contribution in [-0.2, 0) is 10.0 Å². The van der Waals surface area contributed by atoms with E-state index in [-0.39, 0.29) is 10.8 Å². The van der Waals surface area contributed by atoms with Crippen molar-refractivity contribution in [3.05, 3.63) is 53.1 Å². The van der Waals surface area contributed by atoms with Crippen LogP contribution in [-0.4, -0.2) is 63.7 Å². The van der Waals surface area contributed by atoms with Gasteiger partial charge in [0.25, 0.3) is 0 Å². The maximum absolute atomic E-state index is 12.4. The molecule has 0 spiro atoms. The molecule has 0 aliphatic heterocycles. The summed E-state index contributed by atoms with van der Waals surface area (Å²) in [5, 5.41) is 6.24. The van der Waals surface area contributed by atoms with Crippen LogP contribution in [0.2, 0.25) is 0 Å². The first-order valence-electron chi connectivity index (χ1n) is 11.4. The summed E-state index contributed by atoms with van der Waals surface area (Å²) < 4.78 is 39.1. The number of methoxy groups -OCH3 is 1. The number of nitrogens with one attached hydrogen (secondary N) is 3. The lowest BCUT2D eigenvalue weighted by molar-refractivity contribution is 0.223. The second-order valence-electron chi connectivity index (χ2n) is 7.58. The summed E-state index contributed by atoms with van der Waals surface area (Å²) in [6.07, 6.45) is 1.57. The van der Waals surface area contributed by atoms with E-state index in [1.54, 1.807) is 31.5 Å². The molecule has 0 saturated heterocycles. The number of sulfonamides is 1. The van der Waals surface area contributed by atoms with Gasteiger partial charge in [-0.1, -0.05) is 26.0 Å². The van der Waals surface area contributed by atoms with Crippen molar-refractivity contribution in [3.63, 3.8) is 0 Å². The Hall–Kier alpha value is -2.93. The molecular formula is C24H31BrN6O4S. The van der Waals surface area contributed by atoms with E-state index in [1.165, 1.54) is 13.1 Å². The van der Waals surface area contributed by atoms with Crippen LogP contribution in [0.4, 0.5) is 23.1 Å². The zero-order chi connectivity index (χ0) is 26.1. The van der Waals surface area contributed by atoms with Gasteiger partial charge in [-0.15, -0.1) is 0 Å².